The lowest BCUT2D eigenvalue weighted by Gasteiger charge is -2.20. The van der Waals surface area contributed by atoms with Gasteiger partial charge in [-0.05, 0) is 6.42 Å². The minimum Gasteiger partial charge on any atom is -0.311 e. The maximum absolute atomic E-state index is 11.9. The molecule has 92 valence electrons. The van der Waals surface area contributed by atoms with Crippen molar-refractivity contribution in [2.75, 3.05) is 33.8 Å². The lowest BCUT2D eigenvalue weighted by molar-refractivity contribution is 0.230. The molecule has 1 atom stereocenters. The fourth-order valence-corrected chi connectivity index (χ4v) is 4.91. The minimum absolute atomic E-state index is 0.276. The first-order valence-corrected chi connectivity index (χ1v) is 7.90. The van der Waals surface area contributed by atoms with Crippen LogP contribution < -0.4 is 0 Å². The largest absolute Gasteiger partial charge is 0.342 e. The number of rotatable bonds is 8. The van der Waals surface area contributed by atoms with Crippen LogP contribution in [-0.4, -0.2) is 33.8 Å². The van der Waals surface area contributed by atoms with Crippen molar-refractivity contribution in [3.05, 3.63) is 0 Å². The molecule has 0 amide bonds. The van der Waals surface area contributed by atoms with E-state index in [1.807, 2.05) is 6.92 Å². The molecule has 15 heavy (non-hydrogen) atoms. The van der Waals surface area contributed by atoms with Crippen LogP contribution in [0.1, 0.15) is 13.3 Å². The van der Waals surface area contributed by atoms with Gasteiger partial charge in [-0.2, -0.15) is 0 Å². The van der Waals surface area contributed by atoms with Gasteiger partial charge in [0.05, 0.1) is 6.61 Å². The second-order valence-electron chi connectivity index (χ2n) is 2.74. The van der Waals surface area contributed by atoms with Crippen LogP contribution in [0.2, 0.25) is 0 Å². The third-order valence-electron chi connectivity index (χ3n) is 1.67. The Bertz CT molecular complexity index is 258. The SMILES string of the molecule is CCCOP(=O)(CP(=O)(OC)OC)OC. The summed E-state index contributed by atoms with van der Waals surface area (Å²) in [7, 11) is -3.06. The van der Waals surface area contributed by atoms with Crippen molar-refractivity contribution in [3.63, 3.8) is 0 Å². The van der Waals surface area contributed by atoms with Gasteiger partial charge in [0.2, 0.25) is 0 Å². The Morgan fingerprint density at radius 1 is 0.933 bits per heavy atom. The molecule has 0 saturated carbocycles. The van der Waals surface area contributed by atoms with Gasteiger partial charge in [0.1, 0.15) is 0 Å². The van der Waals surface area contributed by atoms with Crippen LogP contribution in [0.5, 0.6) is 0 Å². The first kappa shape index (κ1) is 15.3. The highest BCUT2D eigenvalue weighted by atomic mass is 31.2. The zero-order chi connectivity index (χ0) is 11.9. The van der Waals surface area contributed by atoms with Gasteiger partial charge in [0.15, 0.2) is 5.90 Å². The van der Waals surface area contributed by atoms with E-state index >= 15 is 0 Å². The van der Waals surface area contributed by atoms with Crippen molar-refractivity contribution in [3.8, 4) is 0 Å². The molecule has 0 N–H and O–H groups in total. The molecular formula is C7H18O6P2. The van der Waals surface area contributed by atoms with Gasteiger partial charge in [-0.3, -0.25) is 9.13 Å². The fourth-order valence-electron chi connectivity index (χ4n) is 0.784. The highest BCUT2D eigenvalue weighted by molar-refractivity contribution is 7.71. The first-order valence-electron chi connectivity index (χ1n) is 4.45. The maximum atomic E-state index is 11.9. The van der Waals surface area contributed by atoms with Crippen molar-refractivity contribution in [1.82, 2.24) is 0 Å². The second-order valence-corrected chi connectivity index (χ2v) is 7.67. The molecule has 0 saturated heterocycles. The van der Waals surface area contributed by atoms with E-state index in [9.17, 15) is 9.13 Å². The van der Waals surface area contributed by atoms with Crippen molar-refractivity contribution >= 4 is 15.2 Å². The average Bonchev–Trinajstić information content (AvgIpc) is 2.26. The minimum atomic E-state index is -3.38. The summed E-state index contributed by atoms with van der Waals surface area (Å²) in [5.41, 5.74) is 0. The molecule has 0 aromatic heterocycles. The highest BCUT2D eigenvalue weighted by Crippen LogP contribution is 2.62. The predicted molar refractivity (Wildman–Crippen MR) is 57.4 cm³/mol. The average molecular weight is 260 g/mol. The third kappa shape index (κ3) is 5.25. The van der Waals surface area contributed by atoms with Gasteiger partial charge in [-0.1, -0.05) is 6.92 Å². The Morgan fingerprint density at radius 2 is 1.40 bits per heavy atom. The van der Waals surface area contributed by atoms with Crippen molar-refractivity contribution < 1.29 is 27.2 Å². The van der Waals surface area contributed by atoms with Crippen LogP contribution in [0, 0.1) is 0 Å². The Labute approximate surface area is 90.3 Å². The molecule has 0 rings (SSSR count). The maximum Gasteiger partial charge on any atom is 0.342 e. The van der Waals surface area contributed by atoms with Crippen LogP contribution in [0.25, 0.3) is 0 Å². The summed E-state index contributed by atoms with van der Waals surface area (Å²) >= 11 is 0. The Kier molecular flexibility index (Phi) is 6.93. The third-order valence-corrected chi connectivity index (χ3v) is 6.69. The molecule has 0 aliphatic heterocycles. The molecule has 0 fully saturated rings. The number of hydrogen-bond donors (Lipinski definition) is 0. The molecule has 8 heteroatoms. The normalized spacial score (nSPS) is 16.3. The summed E-state index contributed by atoms with van der Waals surface area (Å²) < 4.78 is 42.7. The highest BCUT2D eigenvalue weighted by Gasteiger charge is 2.36. The topological polar surface area (TPSA) is 71.1 Å². The monoisotopic (exact) mass is 260 g/mol. The zero-order valence-corrected chi connectivity index (χ0v) is 11.3. The van der Waals surface area contributed by atoms with Gasteiger partial charge in [-0.25, -0.2) is 0 Å². The van der Waals surface area contributed by atoms with Gasteiger partial charge < -0.3 is 18.1 Å². The number of hydrogen-bond acceptors (Lipinski definition) is 6. The quantitative estimate of drug-likeness (QED) is 0.625. The van der Waals surface area contributed by atoms with Crippen molar-refractivity contribution in [1.29, 1.82) is 0 Å². The van der Waals surface area contributed by atoms with E-state index in [4.69, 9.17) is 9.05 Å². The van der Waals surface area contributed by atoms with Gasteiger partial charge in [0.25, 0.3) is 0 Å². The smallest absolute Gasteiger partial charge is 0.311 e. The van der Waals surface area contributed by atoms with E-state index < -0.39 is 15.2 Å². The molecule has 1 unspecified atom stereocenters. The molecule has 0 aromatic carbocycles. The molecule has 0 aliphatic rings. The van der Waals surface area contributed by atoms with Crippen LogP contribution >= 0.6 is 15.2 Å². The summed E-state index contributed by atoms with van der Waals surface area (Å²) in [5, 5.41) is 0. The van der Waals surface area contributed by atoms with Gasteiger partial charge in [0, 0.05) is 21.3 Å². The van der Waals surface area contributed by atoms with E-state index in [0.29, 0.717) is 6.42 Å². The summed E-state index contributed by atoms with van der Waals surface area (Å²) in [6.07, 6.45) is 0.692. The van der Waals surface area contributed by atoms with E-state index in [2.05, 4.69) is 9.05 Å². The Morgan fingerprint density at radius 3 is 1.73 bits per heavy atom. The standard InChI is InChI=1S/C7H18O6P2/c1-5-6-13-15(9,12-4)7-14(8,10-2)11-3/h5-7H2,1-4H3. The van der Waals surface area contributed by atoms with E-state index in [-0.39, 0.29) is 12.5 Å². The van der Waals surface area contributed by atoms with E-state index in [0.717, 1.165) is 0 Å². The molecule has 0 aliphatic carbocycles. The summed E-state index contributed by atoms with van der Waals surface area (Å²) in [4.78, 5) is 0. The van der Waals surface area contributed by atoms with Crippen LogP contribution in [-0.2, 0) is 27.2 Å². The Hall–Kier alpha value is 0.300. The molecule has 0 radical (unpaired) electrons. The molecule has 0 bridgehead atoms. The van der Waals surface area contributed by atoms with Crippen molar-refractivity contribution in [2.45, 2.75) is 13.3 Å². The van der Waals surface area contributed by atoms with E-state index in [1.54, 1.807) is 0 Å². The lowest BCUT2D eigenvalue weighted by atomic mass is 10.5. The molecular weight excluding hydrogens is 242 g/mol. The van der Waals surface area contributed by atoms with Crippen LogP contribution in [0.15, 0.2) is 0 Å². The zero-order valence-electron chi connectivity index (χ0n) is 9.47. The summed E-state index contributed by atoms with van der Waals surface area (Å²) in [5.74, 6) is -0.372. The molecule has 0 heterocycles. The molecule has 6 nitrogen and oxygen atoms in total. The lowest BCUT2D eigenvalue weighted by Crippen LogP contribution is -2.02. The van der Waals surface area contributed by atoms with Crippen molar-refractivity contribution in [2.24, 2.45) is 0 Å². The van der Waals surface area contributed by atoms with Crippen LogP contribution in [0.4, 0.5) is 0 Å². The van der Waals surface area contributed by atoms with Gasteiger partial charge in [-0.15, -0.1) is 0 Å². The first-order chi connectivity index (χ1) is 6.95. The molecule has 0 aromatic rings. The molecule has 0 spiro atoms. The predicted octanol–water partition coefficient (Wildman–Crippen LogP) is 2.70. The fraction of sp³-hybridized carbons (Fsp3) is 1.00. The van der Waals surface area contributed by atoms with Crippen LogP contribution in [0.3, 0.4) is 0 Å². The van der Waals surface area contributed by atoms with E-state index in [1.165, 1.54) is 21.3 Å². The Balaban J connectivity index is 4.55. The summed E-state index contributed by atoms with van der Waals surface area (Å²) in [6, 6.07) is 0. The summed E-state index contributed by atoms with van der Waals surface area (Å²) in [6.45, 7) is 2.14. The second kappa shape index (κ2) is 6.79. The van der Waals surface area contributed by atoms with Gasteiger partial charge >= 0.3 is 15.2 Å².